The number of hydrogen-bond acceptors (Lipinski definition) is 2. The molecule has 0 N–H and O–H groups in total. The zero-order valence-electron chi connectivity index (χ0n) is 9.72. The highest BCUT2D eigenvalue weighted by molar-refractivity contribution is 7.93. The average molecular weight is 291 g/mol. The van der Waals surface area contributed by atoms with Gasteiger partial charge in [0.25, 0.3) is 0 Å². The molecule has 0 aromatic rings. The van der Waals surface area contributed by atoms with Crippen LogP contribution in [-0.2, 0) is 10.0 Å². The van der Waals surface area contributed by atoms with E-state index >= 15 is 0 Å². The van der Waals surface area contributed by atoms with Crippen molar-refractivity contribution in [3.8, 4) is 0 Å². The third kappa shape index (κ3) is 2.09. The third-order valence-electron chi connectivity index (χ3n) is 2.98. The number of hydrogen-bond donors (Lipinski definition) is 0. The number of halogens is 3. The van der Waals surface area contributed by atoms with Gasteiger partial charge in [0, 0.05) is 0 Å². The number of sulfonamides is 1. The highest BCUT2D eigenvalue weighted by Crippen LogP contribution is 2.43. The molecule has 96 valence electrons. The van der Waals surface area contributed by atoms with E-state index in [1.54, 1.807) is 26.2 Å². The first-order chi connectivity index (χ1) is 6.82. The van der Waals surface area contributed by atoms with Crippen LogP contribution in [0.15, 0.2) is 0 Å². The van der Waals surface area contributed by atoms with Gasteiger partial charge < -0.3 is 0 Å². The minimum absolute atomic E-state index is 0.627. The third-order valence-corrected chi connectivity index (χ3v) is 17.7. The molecular weight excluding hydrogens is 275 g/mol. The van der Waals surface area contributed by atoms with Gasteiger partial charge in [-0.15, -0.1) is 0 Å². The molecule has 1 aliphatic heterocycles. The SMILES string of the molecule is C[Si]1(C)CC[Si](C)(C)N1S(=O)(=O)C(F)(F)F. The lowest BCUT2D eigenvalue weighted by Gasteiger charge is -2.37. The van der Waals surface area contributed by atoms with Crippen molar-refractivity contribution in [3.63, 3.8) is 0 Å². The van der Waals surface area contributed by atoms with Gasteiger partial charge in [0.05, 0.1) is 0 Å². The summed E-state index contributed by atoms with van der Waals surface area (Å²) in [6, 6.07) is 1.25. The molecule has 0 amide bonds. The van der Waals surface area contributed by atoms with Crippen LogP contribution in [0.5, 0.6) is 0 Å². The molecular formula is C7H16F3NO2SSi2. The smallest absolute Gasteiger partial charge is 0.239 e. The maximum Gasteiger partial charge on any atom is 0.510 e. The van der Waals surface area contributed by atoms with Crippen molar-refractivity contribution in [3.05, 3.63) is 0 Å². The molecule has 0 atom stereocenters. The summed E-state index contributed by atoms with van der Waals surface area (Å²) in [7, 11) is -10.1. The van der Waals surface area contributed by atoms with Crippen molar-refractivity contribution in [2.75, 3.05) is 0 Å². The fourth-order valence-electron chi connectivity index (χ4n) is 2.39. The van der Waals surface area contributed by atoms with Crippen LogP contribution >= 0.6 is 0 Å². The van der Waals surface area contributed by atoms with Crippen molar-refractivity contribution >= 4 is 26.5 Å². The molecule has 16 heavy (non-hydrogen) atoms. The van der Waals surface area contributed by atoms with Crippen LogP contribution in [0.25, 0.3) is 0 Å². The second-order valence-corrected chi connectivity index (χ2v) is 17.4. The van der Waals surface area contributed by atoms with Crippen molar-refractivity contribution in [2.24, 2.45) is 0 Å². The van der Waals surface area contributed by atoms with Gasteiger partial charge in [-0.25, -0.2) is 12.1 Å². The van der Waals surface area contributed by atoms with Gasteiger partial charge in [0.15, 0.2) is 0 Å². The maximum absolute atomic E-state index is 12.6. The Morgan fingerprint density at radius 1 is 1.00 bits per heavy atom. The average Bonchev–Trinajstić information content (AvgIpc) is 2.18. The topological polar surface area (TPSA) is 37.4 Å². The molecule has 0 radical (unpaired) electrons. The first-order valence-corrected chi connectivity index (χ1v) is 12.7. The summed E-state index contributed by atoms with van der Waals surface area (Å²) in [5.41, 5.74) is -5.16. The second kappa shape index (κ2) is 3.56. The molecule has 1 aliphatic rings. The zero-order valence-corrected chi connectivity index (χ0v) is 12.5. The highest BCUT2D eigenvalue weighted by Gasteiger charge is 2.61. The number of nitrogens with zero attached hydrogens (tertiary/aromatic N) is 1. The summed E-state index contributed by atoms with van der Waals surface area (Å²) in [4.78, 5) is 0. The van der Waals surface area contributed by atoms with Crippen molar-refractivity contribution in [1.82, 2.24) is 3.64 Å². The van der Waals surface area contributed by atoms with Crippen LogP contribution in [0.1, 0.15) is 0 Å². The number of alkyl halides is 3. The van der Waals surface area contributed by atoms with Gasteiger partial charge in [-0.2, -0.15) is 13.2 Å². The van der Waals surface area contributed by atoms with E-state index in [2.05, 4.69) is 0 Å². The minimum atomic E-state index is -5.16. The standard InChI is InChI=1S/C7H16F3NO2SSi2/c1-15(2)5-6-16(3,4)11(15)14(12,13)7(8,9)10/h5-6H2,1-4H3. The van der Waals surface area contributed by atoms with Crippen molar-refractivity contribution < 1.29 is 21.6 Å². The molecule has 9 heteroatoms. The van der Waals surface area contributed by atoms with Gasteiger partial charge >= 0.3 is 15.5 Å². The van der Waals surface area contributed by atoms with E-state index in [1.807, 2.05) is 0 Å². The van der Waals surface area contributed by atoms with Gasteiger partial charge in [-0.05, 0) is 12.1 Å². The predicted molar refractivity (Wildman–Crippen MR) is 61.4 cm³/mol. The molecule has 0 bridgehead atoms. The van der Waals surface area contributed by atoms with E-state index in [1.165, 1.54) is 0 Å². The lowest BCUT2D eigenvalue weighted by Crippen LogP contribution is -2.60. The lowest BCUT2D eigenvalue weighted by atomic mass is 10.9. The second-order valence-electron chi connectivity index (χ2n) is 5.34. The quantitative estimate of drug-likeness (QED) is 0.696. The fourth-order valence-corrected chi connectivity index (χ4v) is 21.5. The van der Waals surface area contributed by atoms with Crippen molar-refractivity contribution in [2.45, 2.75) is 43.8 Å². The zero-order chi connectivity index (χ0) is 13.0. The molecule has 1 heterocycles. The van der Waals surface area contributed by atoms with E-state index in [0.717, 1.165) is 3.64 Å². The predicted octanol–water partition coefficient (Wildman–Crippen LogP) is 2.56. The van der Waals surface area contributed by atoms with E-state index < -0.39 is 32.0 Å². The Morgan fingerprint density at radius 2 is 1.31 bits per heavy atom. The number of rotatable bonds is 1. The van der Waals surface area contributed by atoms with E-state index in [-0.39, 0.29) is 0 Å². The van der Waals surface area contributed by atoms with Gasteiger partial charge in [-0.1, -0.05) is 26.2 Å². The maximum atomic E-state index is 12.6. The normalized spacial score (nSPS) is 25.9. The summed E-state index contributed by atoms with van der Waals surface area (Å²) in [5, 5.41) is 0. The molecule has 0 aromatic heterocycles. The summed E-state index contributed by atoms with van der Waals surface area (Å²) >= 11 is 0. The van der Waals surface area contributed by atoms with E-state index in [9.17, 15) is 21.6 Å². The Labute approximate surface area is 95.9 Å². The first-order valence-electron chi connectivity index (χ1n) is 4.94. The molecule has 0 spiro atoms. The molecule has 1 fully saturated rings. The molecule has 1 saturated heterocycles. The van der Waals surface area contributed by atoms with Crippen LogP contribution < -0.4 is 0 Å². The Bertz CT molecular complexity index is 375. The molecule has 0 aliphatic carbocycles. The Kier molecular flexibility index (Phi) is 3.16. The van der Waals surface area contributed by atoms with Gasteiger partial charge in [-0.3, -0.25) is 0 Å². The van der Waals surface area contributed by atoms with Crippen LogP contribution in [0.2, 0.25) is 38.3 Å². The molecule has 0 saturated carbocycles. The van der Waals surface area contributed by atoms with Crippen LogP contribution in [-0.4, -0.2) is 34.0 Å². The monoisotopic (exact) mass is 291 g/mol. The fraction of sp³-hybridized carbons (Fsp3) is 1.00. The van der Waals surface area contributed by atoms with Crippen molar-refractivity contribution in [1.29, 1.82) is 0 Å². The largest absolute Gasteiger partial charge is 0.510 e. The molecule has 3 nitrogen and oxygen atoms in total. The first kappa shape index (κ1) is 14.2. The summed E-state index contributed by atoms with van der Waals surface area (Å²) in [6.07, 6.45) is 0. The Morgan fingerprint density at radius 3 is 1.56 bits per heavy atom. The molecule has 1 rings (SSSR count). The summed E-state index contributed by atoms with van der Waals surface area (Å²) < 4.78 is 61.8. The van der Waals surface area contributed by atoms with E-state index in [4.69, 9.17) is 0 Å². The Hall–Kier alpha value is 0.134. The lowest BCUT2D eigenvalue weighted by molar-refractivity contribution is -0.0459. The Balaban J connectivity index is 3.32. The van der Waals surface area contributed by atoms with Gasteiger partial charge in [0.2, 0.25) is 0 Å². The van der Waals surface area contributed by atoms with E-state index in [0.29, 0.717) is 12.1 Å². The highest BCUT2D eigenvalue weighted by atomic mass is 32.2. The van der Waals surface area contributed by atoms with Crippen LogP contribution in [0, 0.1) is 0 Å². The minimum Gasteiger partial charge on any atom is -0.239 e. The molecule has 0 aromatic carbocycles. The summed E-state index contributed by atoms with van der Waals surface area (Å²) in [6.45, 7) is 6.77. The van der Waals surface area contributed by atoms with Gasteiger partial charge in [0.1, 0.15) is 16.5 Å². The van der Waals surface area contributed by atoms with Crippen LogP contribution in [0.4, 0.5) is 13.2 Å². The summed E-state index contributed by atoms with van der Waals surface area (Å²) in [5.74, 6) is 0. The van der Waals surface area contributed by atoms with Crippen LogP contribution in [0.3, 0.4) is 0 Å². The molecule has 0 unspecified atom stereocenters.